The molecule has 0 radical (unpaired) electrons. The number of benzene rings is 2. The highest BCUT2D eigenvalue weighted by Crippen LogP contribution is 2.27. The number of hydrogen-bond donors (Lipinski definition) is 0. The molecule has 0 amide bonds. The summed E-state index contributed by atoms with van der Waals surface area (Å²) in [5, 5.41) is -0.424. The van der Waals surface area contributed by atoms with Gasteiger partial charge in [0.15, 0.2) is 10.1 Å². The molecule has 12 nitrogen and oxygen atoms in total. The average Bonchev–Trinajstić information content (AvgIpc) is 3.42. The predicted octanol–water partition coefficient (Wildman–Crippen LogP) is 2.45. The van der Waals surface area contributed by atoms with Gasteiger partial charge in [-0.2, -0.15) is 0 Å². The molecule has 0 N–H and O–H groups in total. The molecule has 4 aromatic rings. The van der Waals surface area contributed by atoms with Crippen molar-refractivity contribution in [2.75, 3.05) is 0 Å². The van der Waals surface area contributed by atoms with E-state index >= 15 is 0 Å². The molecule has 4 heterocycles. The number of sulfone groups is 2. The molecule has 14 heteroatoms. The summed E-state index contributed by atoms with van der Waals surface area (Å²) in [6.45, 7) is 0. The quantitative estimate of drug-likeness (QED) is 0.255. The number of hydrogen-bond acceptors (Lipinski definition) is 12. The predicted molar refractivity (Wildman–Crippen MR) is 132 cm³/mol. The molecule has 0 aliphatic carbocycles. The van der Waals surface area contributed by atoms with Crippen molar-refractivity contribution in [3.63, 3.8) is 0 Å². The Hall–Kier alpha value is -5.08. The number of carbonyl (C=O) groups is 4. The Bertz CT molecular complexity index is 1800. The summed E-state index contributed by atoms with van der Waals surface area (Å²) in [4.78, 5) is 52.9. The molecule has 40 heavy (non-hydrogen) atoms. The van der Waals surface area contributed by atoms with Gasteiger partial charge in [0, 0.05) is 12.4 Å². The Kier molecular flexibility index (Phi) is 6.57. The van der Waals surface area contributed by atoms with Crippen molar-refractivity contribution in [1.29, 1.82) is 0 Å². The lowest BCUT2D eigenvalue weighted by Gasteiger charge is -2.04. The van der Waals surface area contributed by atoms with Gasteiger partial charge >= 0.3 is 23.9 Å². The highest BCUT2D eigenvalue weighted by molar-refractivity contribution is 7.91. The Balaban J connectivity index is 0.000000161. The van der Waals surface area contributed by atoms with Gasteiger partial charge < -0.3 is 9.47 Å². The molecule has 2 aromatic heterocycles. The van der Waals surface area contributed by atoms with Gasteiger partial charge in [0.05, 0.1) is 32.0 Å². The summed E-state index contributed by atoms with van der Waals surface area (Å²) >= 11 is 0. The fourth-order valence-electron chi connectivity index (χ4n) is 3.69. The van der Waals surface area contributed by atoms with Crippen molar-refractivity contribution >= 4 is 43.6 Å². The normalized spacial score (nSPS) is 14.0. The number of aromatic nitrogens is 2. The van der Waals surface area contributed by atoms with Gasteiger partial charge in [0.1, 0.15) is 0 Å². The molecule has 0 spiro atoms. The fourth-order valence-corrected chi connectivity index (χ4v) is 6.13. The molecule has 2 aliphatic heterocycles. The van der Waals surface area contributed by atoms with E-state index in [1.807, 2.05) is 0 Å². The number of pyridine rings is 2. The summed E-state index contributed by atoms with van der Waals surface area (Å²) in [5.41, 5.74) is -0.0940. The second-order valence-electron chi connectivity index (χ2n) is 8.12. The number of rotatable bonds is 4. The number of cyclic esters (lactones) is 4. The van der Waals surface area contributed by atoms with Gasteiger partial charge in [-0.15, -0.1) is 0 Å². The number of nitrogens with zero attached hydrogens (tertiary/aromatic N) is 2. The summed E-state index contributed by atoms with van der Waals surface area (Å²) < 4.78 is 58.1. The van der Waals surface area contributed by atoms with Crippen LogP contribution in [0.5, 0.6) is 0 Å². The maximum Gasteiger partial charge on any atom is 0.348 e. The second kappa shape index (κ2) is 9.91. The minimum absolute atomic E-state index is 0.0259. The smallest absolute Gasteiger partial charge is 0.348 e. The molecule has 0 bridgehead atoms. The van der Waals surface area contributed by atoms with Crippen LogP contribution in [-0.4, -0.2) is 50.7 Å². The molecule has 0 saturated carbocycles. The van der Waals surface area contributed by atoms with Crippen LogP contribution in [0.1, 0.15) is 41.4 Å². The van der Waals surface area contributed by atoms with Crippen LogP contribution in [-0.2, 0) is 29.1 Å². The number of fused-ring (bicyclic) bond motifs is 2. The third-order valence-corrected chi connectivity index (χ3v) is 9.01. The third kappa shape index (κ3) is 4.65. The fraction of sp³-hybridized carbons (Fsp3) is 0. The lowest BCUT2D eigenvalue weighted by molar-refractivity contribution is 0.0425. The van der Waals surface area contributed by atoms with E-state index in [0.29, 0.717) is 0 Å². The number of carbonyl (C=O) groups excluding carboxylic acids is 4. The molecule has 0 atom stereocenters. The maximum absolute atomic E-state index is 12.3. The topological polar surface area (TPSA) is 181 Å². The number of esters is 4. The van der Waals surface area contributed by atoms with Crippen LogP contribution >= 0.6 is 0 Å². The standard InChI is InChI=1S/2C13H7NO5S/c15-12-9-5-4-8(7-10(9)13(16)19-12)20(17,18)11-3-1-2-6-14-11;15-12-9-6-11(14-7-10(9)13(16)19-12)20(17,18)8-4-2-1-3-5-8/h2*1-7H. The molecule has 2 aromatic carbocycles. The van der Waals surface area contributed by atoms with E-state index in [4.69, 9.17) is 0 Å². The SMILES string of the molecule is O=C1OC(=O)c2cc(S(=O)(=O)c3ccccc3)ncc21.O=C1OC(=O)c2cc(S(=O)(=O)c3ccccn3)ccc21. The monoisotopic (exact) mass is 578 g/mol. The molecular weight excluding hydrogens is 564 g/mol. The van der Waals surface area contributed by atoms with E-state index in [-0.39, 0.29) is 42.1 Å². The van der Waals surface area contributed by atoms with Crippen molar-refractivity contribution < 1.29 is 45.5 Å². The van der Waals surface area contributed by atoms with Crippen molar-refractivity contribution in [3.05, 3.63) is 107 Å². The molecule has 2 aliphatic rings. The first kappa shape index (κ1) is 26.5. The number of ether oxygens (including phenoxy) is 2. The van der Waals surface area contributed by atoms with Crippen molar-refractivity contribution in [1.82, 2.24) is 9.97 Å². The van der Waals surface area contributed by atoms with Crippen LogP contribution in [0.3, 0.4) is 0 Å². The van der Waals surface area contributed by atoms with Gasteiger partial charge in [-0.3, -0.25) is 0 Å². The zero-order chi connectivity index (χ0) is 28.7. The third-order valence-electron chi connectivity index (χ3n) is 5.67. The highest BCUT2D eigenvalue weighted by atomic mass is 32.2. The van der Waals surface area contributed by atoms with E-state index in [1.165, 1.54) is 36.5 Å². The van der Waals surface area contributed by atoms with Gasteiger partial charge in [0.25, 0.3) is 0 Å². The van der Waals surface area contributed by atoms with Gasteiger partial charge in [0.2, 0.25) is 19.7 Å². The summed E-state index contributed by atoms with van der Waals surface area (Å²) in [7, 11) is -7.66. The first-order valence-electron chi connectivity index (χ1n) is 11.1. The summed E-state index contributed by atoms with van der Waals surface area (Å²) in [6, 6.07) is 16.9. The molecular formula is C26H14N2O10S2. The van der Waals surface area contributed by atoms with Crippen molar-refractivity contribution in [2.24, 2.45) is 0 Å². The molecule has 0 fully saturated rings. The minimum atomic E-state index is -3.83. The zero-order valence-corrected chi connectivity index (χ0v) is 21.5. The van der Waals surface area contributed by atoms with Crippen LogP contribution in [0.2, 0.25) is 0 Å². The molecule has 0 unspecified atom stereocenters. The van der Waals surface area contributed by atoms with Gasteiger partial charge in [-0.1, -0.05) is 24.3 Å². The molecule has 6 rings (SSSR count). The van der Waals surface area contributed by atoms with E-state index < -0.39 is 43.6 Å². The first-order valence-corrected chi connectivity index (χ1v) is 14.1. The highest BCUT2D eigenvalue weighted by Gasteiger charge is 2.33. The van der Waals surface area contributed by atoms with Crippen molar-refractivity contribution in [2.45, 2.75) is 19.8 Å². The largest absolute Gasteiger partial charge is 0.386 e. The summed E-state index contributed by atoms with van der Waals surface area (Å²) in [6.07, 6.45) is 2.40. The maximum atomic E-state index is 12.3. The average molecular weight is 579 g/mol. The van der Waals surface area contributed by atoms with Crippen LogP contribution in [0, 0.1) is 0 Å². The summed E-state index contributed by atoms with van der Waals surface area (Å²) in [5.74, 6) is -3.30. The van der Waals surface area contributed by atoms with Crippen molar-refractivity contribution in [3.8, 4) is 0 Å². The Morgan fingerprint density at radius 2 is 1.07 bits per heavy atom. The van der Waals surface area contributed by atoms with Gasteiger partial charge in [-0.25, -0.2) is 46.0 Å². The molecule has 200 valence electrons. The first-order chi connectivity index (χ1) is 19.0. The zero-order valence-electron chi connectivity index (χ0n) is 19.9. The van der Waals surface area contributed by atoms with Crippen LogP contribution in [0.4, 0.5) is 0 Å². The van der Waals surface area contributed by atoms with Gasteiger partial charge in [-0.05, 0) is 48.5 Å². The van der Waals surface area contributed by atoms with Crippen LogP contribution in [0.15, 0.2) is 105 Å². The van der Waals surface area contributed by atoms with E-state index in [9.17, 15) is 36.0 Å². The Morgan fingerprint density at radius 1 is 0.500 bits per heavy atom. The second-order valence-corrected chi connectivity index (χ2v) is 11.9. The lowest BCUT2D eigenvalue weighted by atomic mass is 10.1. The Labute approximate surface area is 226 Å². The van der Waals surface area contributed by atoms with E-state index in [1.54, 1.807) is 30.3 Å². The van der Waals surface area contributed by atoms with Crippen LogP contribution in [0.25, 0.3) is 0 Å². The van der Waals surface area contributed by atoms with Crippen LogP contribution < -0.4 is 0 Å². The van der Waals surface area contributed by atoms with E-state index in [2.05, 4.69) is 19.4 Å². The Morgan fingerprint density at radius 3 is 1.73 bits per heavy atom. The van der Waals surface area contributed by atoms with E-state index in [0.717, 1.165) is 18.3 Å². The minimum Gasteiger partial charge on any atom is -0.386 e. The molecule has 0 saturated heterocycles. The lowest BCUT2D eigenvalue weighted by Crippen LogP contribution is -2.06.